The number of hydrogen-bond acceptors (Lipinski definition) is 7. The predicted molar refractivity (Wildman–Crippen MR) is 80.1 cm³/mol. The molecule has 23 heavy (non-hydrogen) atoms. The van der Waals surface area contributed by atoms with E-state index in [1.807, 2.05) is 6.92 Å². The predicted octanol–water partition coefficient (Wildman–Crippen LogP) is -0.368. The van der Waals surface area contributed by atoms with E-state index >= 15 is 0 Å². The minimum Gasteiger partial charge on any atom is -0.429 e. The lowest BCUT2D eigenvalue weighted by atomic mass is 9.85. The Hall–Kier alpha value is -1.25. The van der Waals surface area contributed by atoms with Gasteiger partial charge in [0.15, 0.2) is 0 Å². The van der Waals surface area contributed by atoms with Crippen molar-refractivity contribution in [3.05, 3.63) is 23.8 Å². The topological polar surface area (TPSA) is 116 Å². The summed E-state index contributed by atoms with van der Waals surface area (Å²) in [4.78, 5) is 12.2. The molecule has 7 heteroatoms. The van der Waals surface area contributed by atoms with Crippen LogP contribution in [0.15, 0.2) is 23.8 Å². The second-order valence-electron chi connectivity index (χ2n) is 6.15. The highest BCUT2D eigenvalue weighted by atomic mass is 16.7. The van der Waals surface area contributed by atoms with Crippen LogP contribution in [0.2, 0.25) is 0 Å². The lowest BCUT2D eigenvalue weighted by Crippen LogP contribution is -2.59. The van der Waals surface area contributed by atoms with E-state index in [1.54, 1.807) is 6.08 Å². The van der Waals surface area contributed by atoms with E-state index in [9.17, 15) is 20.1 Å². The second-order valence-corrected chi connectivity index (χ2v) is 6.15. The molecule has 7 nitrogen and oxygen atoms in total. The first-order valence-corrected chi connectivity index (χ1v) is 7.71. The lowest BCUT2D eigenvalue weighted by molar-refractivity contribution is -0.291. The van der Waals surface area contributed by atoms with Crippen LogP contribution >= 0.6 is 0 Å². The van der Waals surface area contributed by atoms with Gasteiger partial charge in [-0.25, -0.2) is 4.79 Å². The molecule has 2 aliphatic rings. The number of hydrogen-bond donors (Lipinski definition) is 4. The summed E-state index contributed by atoms with van der Waals surface area (Å²) in [7, 11) is 0. The van der Waals surface area contributed by atoms with Crippen molar-refractivity contribution in [1.82, 2.24) is 0 Å². The third-order valence-corrected chi connectivity index (χ3v) is 4.44. The highest BCUT2D eigenvalue weighted by molar-refractivity contribution is 5.88. The third-order valence-electron chi connectivity index (χ3n) is 4.44. The summed E-state index contributed by atoms with van der Waals surface area (Å²) in [6, 6.07) is 0. The number of aliphatic hydroxyl groups excluding tert-OH is 4. The van der Waals surface area contributed by atoms with Crippen LogP contribution in [0.1, 0.15) is 26.2 Å². The first kappa shape index (κ1) is 18.1. The number of esters is 1. The molecule has 4 N–H and O–H groups in total. The van der Waals surface area contributed by atoms with Crippen molar-refractivity contribution >= 4 is 5.97 Å². The number of ether oxygens (including phenoxy) is 2. The maximum Gasteiger partial charge on any atom is 0.336 e. The van der Waals surface area contributed by atoms with Crippen LogP contribution < -0.4 is 0 Å². The van der Waals surface area contributed by atoms with Gasteiger partial charge in [-0.1, -0.05) is 18.2 Å². The summed E-state index contributed by atoms with van der Waals surface area (Å²) in [5, 5.41) is 38.3. The molecule has 2 rings (SSSR count). The number of carbonyl (C=O) groups excluding carboxylic acids is 1. The van der Waals surface area contributed by atoms with Crippen molar-refractivity contribution < 1.29 is 34.7 Å². The number of rotatable bonds is 4. The average molecular weight is 328 g/mol. The summed E-state index contributed by atoms with van der Waals surface area (Å²) in [5.41, 5.74) is 1.56. The maximum atomic E-state index is 12.2. The van der Waals surface area contributed by atoms with Gasteiger partial charge in [-0.15, -0.1) is 0 Å². The van der Waals surface area contributed by atoms with Crippen molar-refractivity contribution in [3.8, 4) is 0 Å². The zero-order chi connectivity index (χ0) is 17.1. The van der Waals surface area contributed by atoms with Crippen molar-refractivity contribution in [2.75, 3.05) is 6.61 Å². The molecule has 0 aromatic carbocycles. The Morgan fingerprint density at radius 2 is 2.04 bits per heavy atom. The van der Waals surface area contributed by atoms with Gasteiger partial charge in [-0.05, 0) is 32.1 Å². The molecule has 0 radical (unpaired) electrons. The molecule has 1 aliphatic heterocycles. The van der Waals surface area contributed by atoms with Crippen molar-refractivity contribution in [3.63, 3.8) is 0 Å². The SMILES string of the molecule is C=C(C)[C@@H]1CC=C(C(=O)O[C@@H]2O[C@H](CO)[C@@H](O)[C@H](O)[C@H]2O)CC1. The van der Waals surface area contributed by atoms with Gasteiger partial charge >= 0.3 is 5.97 Å². The van der Waals surface area contributed by atoms with Crippen molar-refractivity contribution in [2.45, 2.75) is 56.9 Å². The van der Waals surface area contributed by atoms with Crippen LogP contribution in [0.4, 0.5) is 0 Å². The number of allylic oxidation sites excluding steroid dienone is 2. The summed E-state index contributed by atoms with van der Waals surface area (Å²) in [5.74, 6) is -0.284. The first-order chi connectivity index (χ1) is 10.8. The van der Waals surface area contributed by atoms with Crippen molar-refractivity contribution in [1.29, 1.82) is 0 Å². The largest absolute Gasteiger partial charge is 0.429 e. The molecular weight excluding hydrogens is 304 g/mol. The summed E-state index contributed by atoms with van der Waals surface area (Å²) in [6.45, 7) is 5.30. The monoisotopic (exact) mass is 328 g/mol. The Labute approximate surface area is 134 Å². The number of aliphatic hydroxyl groups is 4. The lowest BCUT2D eigenvalue weighted by Gasteiger charge is -2.39. The smallest absolute Gasteiger partial charge is 0.336 e. The van der Waals surface area contributed by atoms with E-state index in [0.717, 1.165) is 12.0 Å². The van der Waals surface area contributed by atoms with E-state index < -0.39 is 43.3 Å². The molecule has 1 saturated heterocycles. The van der Waals surface area contributed by atoms with Crippen LogP contribution in [0.3, 0.4) is 0 Å². The van der Waals surface area contributed by atoms with E-state index in [0.29, 0.717) is 24.3 Å². The van der Waals surface area contributed by atoms with E-state index in [1.165, 1.54) is 0 Å². The molecule has 0 bridgehead atoms. The highest BCUT2D eigenvalue weighted by Crippen LogP contribution is 2.30. The average Bonchev–Trinajstić information content (AvgIpc) is 2.55. The van der Waals surface area contributed by atoms with Gasteiger partial charge in [0.25, 0.3) is 0 Å². The van der Waals surface area contributed by atoms with Crippen LogP contribution in [-0.4, -0.2) is 63.7 Å². The Bertz CT molecular complexity index is 485. The van der Waals surface area contributed by atoms with Gasteiger partial charge in [-0.2, -0.15) is 0 Å². The minimum atomic E-state index is -1.58. The summed E-state index contributed by atoms with van der Waals surface area (Å²) >= 11 is 0. The van der Waals surface area contributed by atoms with E-state index in [2.05, 4.69) is 6.58 Å². The third kappa shape index (κ3) is 3.99. The molecule has 1 heterocycles. The molecule has 6 atom stereocenters. The Balaban J connectivity index is 1.98. The van der Waals surface area contributed by atoms with Gasteiger partial charge < -0.3 is 29.9 Å². The standard InChI is InChI=1S/C16H24O7/c1-8(2)9-3-5-10(6-4-9)15(21)23-16-14(20)13(19)12(18)11(7-17)22-16/h5,9,11-14,16-20H,1,3-4,6-7H2,2H3/t9-,11-,12-,13+,14-,16+/m1/s1. The fourth-order valence-electron chi connectivity index (χ4n) is 2.81. The van der Waals surface area contributed by atoms with Gasteiger partial charge in [0.05, 0.1) is 6.61 Å². The number of carbonyl (C=O) groups is 1. The highest BCUT2D eigenvalue weighted by Gasteiger charge is 2.45. The second kappa shape index (κ2) is 7.55. The van der Waals surface area contributed by atoms with Gasteiger partial charge in [0, 0.05) is 5.57 Å². The first-order valence-electron chi connectivity index (χ1n) is 7.71. The summed E-state index contributed by atoms with van der Waals surface area (Å²) in [6.07, 6.45) is -3.33. The van der Waals surface area contributed by atoms with Crippen LogP contribution in [-0.2, 0) is 14.3 Å². The molecular formula is C16H24O7. The fourth-order valence-corrected chi connectivity index (χ4v) is 2.81. The zero-order valence-electron chi connectivity index (χ0n) is 13.1. The normalized spacial score (nSPS) is 37.9. The van der Waals surface area contributed by atoms with Crippen LogP contribution in [0, 0.1) is 5.92 Å². The molecule has 1 fully saturated rings. The fraction of sp³-hybridized carbons (Fsp3) is 0.688. The van der Waals surface area contributed by atoms with E-state index in [4.69, 9.17) is 14.6 Å². The molecule has 0 aromatic heterocycles. The van der Waals surface area contributed by atoms with Gasteiger partial charge in [-0.3, -0.25) is 0 Å². The molecule has 0 unspecified atom stereocenters. The van der Waals surface area contributed by atoms with E-state index in [-0.39, 0.29) is 0 Å². The minimum absolute atomic E-state index is 0.346. The van der Waals surface area contributed by atoms with Crippen LogP contribution in [0.25, 0.3) is 0 Å². The Kier molecular flexibility index (Phi) is 5.94. The molecule has 0 aromatic rings. The zero-order valence-corrected chi connectivity index (χ0v) is 13.1. The summed E-state index contributed by atoms with van der Waals surface area (Å²) < 4.78 is 10.3. The molecule has 0 amide bonds. The molecule has 0 spiro atoms. The van der Waals surface area contributed by atoms with Crippen molar-refractivity contribution in [2.24, 2.45) is 5.92 Å². The molecule has 130 valence electrons. The Morgan fingerprint density at radius 1 is 1.35 bits per heavy atom. The molecule has 1 aliphatic carbocycles. The quantitative estimate of drug-likeness (QED) is 0.411. The Morgan fingerprint density at radius 3 is 2.57 bits per heavy atom. The van der Waals surface area contributed by atoms with Gasteiger partial charge in [0.1, 0.15) is 24.4 Å². The van der Waals surface area contributed by atoms with Crippen LogP contribution in [0.5, 0.6) is 0 Å². The van der Waals surface area contributed by atoms with Gasteiger partial charge in [0.2, 0.25) is 6.29 Å². The molecule has 0 saturated carbocycles. The maximum absolute atomic E-state index is 12.2.